The zero-order chi connectivity index (χ0) is 24.5. The van der Waals surface area contributed by atoms with Crippen LogP contribution in [0.1, 0.15) is 58.1 Å². The van der Waals surface area contributed by atoms with Gasteiger partial charge >= 0.3 is 0 Å². The number of halogens is 2. The third-order valence-electron chi connectivity index (χ3n) is 5.34. The monoisotopic (exact) mass is 536 g/mol. The van der Waals surface area contributed by atoms with Gasteiger partial charge in [-0.05, 0) is 63.5 Å². The number of rotatable bonds is 11. The normalized spacial score (nSPS) is 12.0. The number of hydrogen-bond acceptors (Lipinski definition) is 3. The molecule has 2 amide bonds. The van der Waals surface area contributed by atoms with Gasteiger partial charge in [-0.25, -0.2) is 0 Å². The van der Waals surface area contributed by atoms with Crippen molar-refractivity contribution in [1.29, 1.82) is 0 Å². The van der Waals surface area contributed by atoms with Crippen molar-refractivity contribution < 1.29 is 14.3 Å². The van der Waals surface area contributed by atoms with Gasteiger partial charge in [-0.15, -0.1) is 0 Å². The second kappa shape index (κ2) is 13.0. The van der Waals surface area contributed by atoms with E-state index >= 15 is 0 Å². The van der Waals surface area contributed by atoms with Crippen LogP contribution in [0.4, 0.5) is 0 Å². The summed E-state index contributed by atoms with van der Waals surface area (Å²) in [5.74, 6) is 0.838. The highest BCUT2D eigenvalue weighted by Crippen LogP contribution is 2.29. The fourth-order valence-corrected chi connectivity index (χ4v) is 4.07. The Kier molecular flexibility index (Phi) is 10.7. The van der Waals surface area contributed by atoms with Gasteiger partial charge in [0.2, 0.25) is 5.91 Å². The Morgan fingerprint density at radius 1 is 1.12 bits per heavy atom. The molecule has 1 unspecified atom stereocenters. The van der Waals surface area contributed by atoms with Gasteiger partial charge < -0.3 is 15.0 Å². The Morgan fingerprint density at radius 2 is 1.82 bits per heavy atom. The summed E-state index contributed by atoms with van der Waals surface area (Å²) >= 11 is 9.90. The molecule has 1 atom stereocenters. The van der Waals surface area contributed by atoms with Crippen molar-refractivity contribution in [3.05, 3.63) is 63.1 Å². The van der Waals surface area contributed by atoms with Crippen LogP contribution >= 0.6 is 27.5 Å². The molecule has 1 N–H and O–H groups in total. The van der Waals surface area contributed by atoms with E-state index < -0.39 is 6.04 Å². The van der Waals surface area contributed by atoms with E-state index in [1.807, 2.05) is 57.2 Å². The molecule has 0 aliphatic heterocycles. The lowest BCUT2D eigenvalue weighted by molar-refractivity contribution is -0.143. The lowest BCUT2D eigenvalue weighted by Gasteiger charge is -2.31. The highest BCUT2D eigenvalue weighted by atomic mass is 79.9. The zero-order valence-electron chi connectivity index (χ0n) is 20.0. The third-order valence-corrected chi connectivity index (χ3v) is 6.33. The lowest BCUT2D eigenvalue weighted by atomic mass is 10.0. The molecule has 0 spiro atoms. The van der Waals surface area contributed by atoms with Gasteiger partial charge in [0.05, 0.1) is 4.47 Å². The van der Waals surface area contributed by atoms with Crippen molar-refractivity contribution in [2.75, 3.05) is 13.2 Å². The summed E-state index contributed by atoms with van der Waals surface area (Å²) in [5.41, 5.74) is 1.96. The van der Waals surface area contributed by atoms with Crippen LogP contribution in [0.2, 0.25) is 5.02 Å². The van der Waals surface area contributed by atoms with E-state index in [-0.39, 0.29) is 25.0 Å². The number of ether oxygens (including phenoxy) is 1. The van der Waals surface area contributed by atoms with Gasteiger partial charge in [-0.3, -0.25) is 9.59 Å². The average molecular weight is 538 g/mol. The van der Waals surface area contributed by atoms with Crippen LogP contribution in [0.25, 0.3) is 0 Å². The summed E-state index contributed by atoms with van der Waals surface area (Å²) < 4.78 is 6.64. The lowest BCUT2D eigenvalue weighted by Crippen LogP contribution is -2.50. The van der Waals surface area contributed by atoms with Crippen LogP contribution in [0, 0.1) is 5.92 Å². The molecule has 0 aliphatic rings. The molecule has 0 aliphatic carbocycles. The van der Waals surface area contributed by atoms with Crippen LogP contribution in [0.5, 0.6) is 5.75 Å². The van der Waals surface area contributed by atoms with Gasteiger partial charge in [0.1, 0.15) is 11.8 Å². The minimum Gasteiger partial charge on any atom is -0.483 e. The molecule has 0 heterocycles. The topological polar surface area (TPSA) is 58.6 Å². The molecule has 0 bridgehead atoms. The Balaban J connectivity index is 2.23. The van der Waals surface area contributed by atoms with E-state index in [1.54, 1.807) is 11.0 Å². The molecule has 0 fully saturated rings. The van der Waals surface area contributed by atoms with Crippen molar-refractivity contribution in [2.45, 2.75) is 59.5 Å². The first kappa shape index (κ1) is 27.2. The first-order valence-corrected chi connectivity index (χ1v) is 12.5. The maximum atomic E-state index is 13.3. The van der Waals surface area contributed by atoms with E-state index in [9.17, 15) is 9.59 Å². The molecule has 0 saturated carbocycles. The summed E-state index contributed by atoms with van der Waals surface area (Å²) in [6.07, 6.45) is 0.479. The highest BCUT2D eigenvalue weighted by molar-refractivity contribution is 9.10. The van der Waals surface area contributed by atoms with Gasteiger partial charge in [0, 0.05) is 18.1 Å². The number of carbonyl (C=O) groups is 2. The average Bonchev–Trinajstić information content (AvgIpc) is 2.77. The first-order chi connectivity index (χ1) is 15.6. The Morgan fingerprint density at radius 3 is 2.39 bits per heavy atom. The largest absolute Gasteiger partial charge is 0.483 e. The minimum atomic E-state index is -0.622. The number of benzene rings is 2. The van der Waals surface area contributed by atoms with Crippen molar-refractivity contribution in [1.82, 2.24) is 10.2 Å². The quantitative estimate of drug-likeness (QED) is 0.372. The standard InChI is InChI=1S/C26H34BrClN2O3/c1-6-23(26(32)29-14-17(2)3)30(15-20-9-7-8-10-22(20)28)25(31)16-33-24-12-11-19(18(4)5)13-21(24)27/h7-13,17-18,23H,6,14-16H2,1-5H3,(H,29,32). The summed E-state index contributed by atoms with van der Waals surface area (Å²) in [7, 11) is 0. The number of amides is 2. The SMILES string of the molecule is CCC(C(=O)NCC(C)C)N(Cc1ccccc1Cl)C(=O)COc1ccc(C(C)C)cc1Br. The molecule has 2 aromatic rings. The first-order valence-electron chi connectivity index (χ1n) is 11.4. The molecule has 7 heteroatoms. The van der Waals surface area contributed by atoms with E-state index in [2.05, 4.69) is 35.1 Å². The smallest absolute Gasteiger partial charge is 0.261 e. The van der Waals surface area contributed by atoms with Crippen molar-refractivity contribution in [3.63, 3.8) is 0 Å². The van der Waals surface area contributed by atoms with Crippen LogP contribution in [0.3, 0.4) is 0 Å². The third kappa shape index (κ3) is 8.04. The van der Waals surface area contributed by atoms with Gasteiger partial charge in [-0.1, -0.05) is 70.5 Å². The van der Waals surface area contributed by atoms with Crippen molar-refractivity contribution in [3.8, 4) is 5.75 Å². The second-order valence-corrected chi connectivity index (χ2v) is 10.1. The maximum Gasteiger partial charge on any atom is 0.261 e. The number of hydrogen-bond donors (Lipinski definition) is 1. The van der Waals surface area contributed by atoms with E-state index in [4.69, 9.17) is 16.3 Å². The van der Waals surface area contributed by atoms with Crippen LogP contribution in [0.15, 0.2) is 46.9 Å². The zero-order valence-corrected chi connectivity index (χ0v) is 22.4. The summed E-state index contributed by atoms with van der Waals surface area (Å²) in [4.78, 5) is 27.8. The van der Waals surface area contributed by atoms with E-state index in [1.165, 1.54) is 5.56 Å². The number of carbonyl (C=O) groups excluding carboxylic acids is 2. The van der Waals surface area contributed by atoms with Crippen LogP contribution in [-0.2, 0) is 16.1 Å². The van der Waals surface area contributed by atoms with E-state index in [0.717, 1.165) is 10.0 Å². The molecule has 0 saturated heterocycles. The fraction of sp³-hybridized carbons (Fsp3) is 0.462. The summed E-state index contributed by atoms with van der Waals surface area (Å²) in [5, 5.41) is 3.51. The summed E-state index contributed by atoms with van der Waals surface area (Å²) in [6, 6.07) is 12.6. The number of nitrogens with one attached hydrogen (secondary N) is 1. The number of nitrogens with zero attached hydrogens (tertiary/aromatic N) is 1. The van der Waals surface area contributed by atoms with Crippen LogP contribution < -0.4 is 10.1 Å². The van der Waals surface area contributed by atoms with Gasteiger partial charge in [0.25, 0.3) is 5.91 Å². The molecular weight excluding hydrogens is 504 g/mol. The molecule has 0 radical (unpaired) electrons. The predicted octanol–water partition coefficient (Wildman–Crippen LogP) is 6.18. The van der Waals surface area contributed by atoms with E-state index in [0.29, 0.717) is 35.6 Å². The Bertz CT molecular complexity index is 949. The van der Waals surface area contributed by atoms with Gasteiger partial charge in [0.15, 0.2) is 6.61 Å². The molecule has 2 rings (SSSR count). The fourth-order valence-electron chi connectivity index (χ4n) is 3.37. The summed E-state index contributed by atoms with van der Waals surface area (Å²) in [6.45, 7) is 10.8. The van der Waals surface area contributed by atoms with Gasteiger partial charge in [-0.2, -0.15) is 0 Å². The maximum absolute atomic E-state index is 13.3. The molecule has 180 valence electrons. The minimum absolute atomic E-state index is 0.172. The highest BCUT2D eigenvalue weighted by Gasteiger charge is 2.29. The Hall–Kier alpha value is -2.05. The molecule has 5 nitrogen and oxygen atoms in total. The second-order valence-electron chi connectivity index (χ2n) is 8.81. The van der Waals surface area contributed by atoms with Crippen molar-refractivity contribution >= 4 is 39.3 Å². The van der Waals surface area contributed by atoms with Crippen LogP contribution in [-0.4, -0.2) is 35.9 Å². The molecular formula is C26H34BrClN2O3. The van der Waals surface area contributed by atoms with Crippen molar-refractivity contribution in [2.24, 2.45) is 5.92 Å². The molecule has 33 heavy (non-hydrogen) atoms. The molecule has 2 aromatic carbocycles. The Labute approximate surface area is 211 Å². The molecule has 0 aromatic heterocycles. The predicted molar refractivity (Wildman–Crippen MR) is 138 cm³/mol.